The third kappa shape index (κ3) is 3.87. The molecule has 0 saturated heterocycles. The highest BCUT2D eigenvalue weighted by atomic mass is 19.3. The highest BCUT2D eigenvalue weighted by Crippen LogP contribution is 2.37. The number of ether oxygens (including phenoxy) is 2. The number of halogens is 8. The van der Waals surface area contributed by atoms with Crippen LogP contribution in [0.3, 0.4) is 0 Å². The van der Waals surface area contributed by atoms with E-state index in [0.29, 0.717) is 12.1 Å². The summed E-state index contributed by atoms with van der Waals surface area (Å²) < 4.78 is 105. The summed E-state index contributed by atoms with van der Waals surface area (Å²) >= 11 is 0. The van der Waals surface area contributed by atoms with Crippen LogP contribution in [0.15, 0.2) is 24.3 Å². The summed E-state index contributed by atoms with van der Waals surface area (Å²) in [5, 5.41) is 0. The topological polar surface area (TPSA) is 18.5 Å². The van der Waals surface area contributed by atoms with Crippen molar-refractivity contribution in [1.29, 1.82) is 0 Å². The monoisotopic (exact) mass is 310 g/mol. The zero-order valence-corrected chi connectivity index (χ0v) is 9.30. The van der Waals surface area contributed by atoms with Gasteiger partial charge in [-0.1, -0.05) is 12.1 Å². The average molecular weight is 310 g/mol. The van der Waals surface area contributed by atoms with Crippen LogP contribution in [0.2, 0.25) is 0 Å². The second kappa shape index (κ2) is 5.71. The Morgan fingerprint density at radius 2 is 1.00 bits per heavy atom. The van der Waals surface area contributed by atoms with Gasteiger partial charge in [0, 0.05) is 0 Å². The second-order valence-corrected chi connectivity index (χ2v) is 3.38. The predicted molar refractivity (Wildman–Crippen MR) is 49.6 cm³/mol. The lowest BCUT2D eigenvalue weighted by molar-refractivity contribution is -0.264. The van der Waals surface area contributed by atoms with E-state index in [9.17, 15) is 35.1 Å². The van der Waals surface area contributed by atoms with E-state index >= 15 is 0 Å². The van der Waals surface area contributed by atoms with Gasteiger partial charge in [0.2, 0.25) is 0 Å². The van der Waals surface area contributed by atoms with E-state index in [1.807, 2.05) is 0 Å². The minimum absolute atomic E-state index is 0.590. The smallest absolute Gasteiger partial charge is 0.424 e. The van der Waals surface area contributed by atoms with Crippen molar-refractivity contribution in [2.24, 2.45) is 0 Å². The van der Waals surface area contributed by atoms with E-state index < -0.39 is 36.6 Å². The van der Waals surface area contributed by atoms with E-state index in [0.717, 1.165) is 12.1 Å². The number of hydrogen-bond acceptors (Lipinski definition) is 2. The van der Waals surface area contributed by atoms with Crippen molar-refractivity contribution in [2.45, 2.75) is 25.1 Å². The van der Waals surface area contributed by atoms with Gasteiger partial charge in [-0.05, 0) is 12.1 Å². The Bertz CT molecular complexity index is 408. The Balaban J connectivity index is 3.00. The molecule has 1 aromatic carbocycles. The van der Waals surface area contributed by atoms with Crippen molar-refractivity contribution in [3.05, 3.63) is 24.3 Å². The molecule has 0 spiro atoms. The molecule has 0 aromatic heterocycles. The first kappa shape index (κ1) is 16.3. The normalized spacial score (nSPS) is 12.9. The van der Waals surface area contributed by atoms with Crippen LogP contribution in [-0.4, -0.2) is 25.1 Å². The molecule has 114 valence electrons. The molecular formula is C10H6F8O2. The molecule has 2 nitrogen and oxygen atoms in total. The van der Waals surface area contributed by atoms with E-state index in [4.69, 9.17) is 0 Å². The van der Waals surface area contributed by atoms with E-state index in [1.165, 1.54) is 0 Å². The van der Waals surface area contributed by atoms with Crippen LogP contribution in [0.4, 0.5) is 35.1 Å². The van der Waals surface area contributed by atoms with Crippen molar-refractivity contribution >= 4 is 0 Å². The summed E-state index contributed by atoms with van der Waals surface area (Å²) in [6, 6.07) is 3.13. The van der Waals surface area contributed by atoms with Crippen LogP contribution >= 0.6 is 0 Å². The van der Waals surface area contributed by atoms with Crippen molar-refractivity contribution in [1.82, 2.24) is 0 Å². The van der Waals surface area contributed by atoms with E-state index in [1.54, 1.807) is 0 Å². The first-order valence-corrected chi connectivity index (χ1v) is 4.85. The highest BCUT2D eigenvalue weighted by Gasteiger charge is 2.47. The molecular weight excluding hydrogens is 304 g/mol. The van der Waals surface area contributed by atoms with Crippen LogP contribution in [0.25, 0.3) is 0 Å². The van der Waals surface area contributed by atoms with Crippen LogP contribution in [0.1, 0.15) is 0 Å². The zero-order chi connectivity index (χ0) is 15.6. The number of rotatable bonds is 6. The Kier molecular flexibility index (Phi) is 4.66. The number of benzene rings is 1. The lowest BCUT2D eigenvalue weighted by Crippen LogP contribution is -2.35. The van der Waals surface area contributed by atoms with Crippen molar-refractivity contribution in [2.75, 3.05) is 0 Å². The molecule has 0 aliphatic heterocycles. The standard InChI is InChI=1S/C10H6F8O2/c11-7(12)9(15,16)19-5-3-1-2-4-6(5)20-10(17,18)8(13)14/h1-4,7-8H. The van der Waals surface area contributed by atoms with Gasteiger partial charge < -0.3 is 9.47 Å². The Morgan fingerprint density at radius 1 is 0.700 bits per heavy atom. The van der Waals surface area contributed by atoms with Crippen molar-refractivity contribution in [3.8, 4) is 11.5 Å². The molecule has 0 aliphatic rings. The maximum absolute atomic E-state index is 12.6. The molecule has 0 amide bonds. The summed E-state index contributed by atoms with van der Waals surface area (Å²) in [5.41, 5.74) is 0. The van der Waals surface area contributed by atoms with Gasteiger partial charge in [0.05, 0.1) is 0 Å². The highest BCUT2D eigenvalue weighted by molar-refractivity contribution is 5.40. The zero-order valence-electron chi connectivity index (χ0n) is 9.30. The summed E-state index contributed by atoms with van der Waals surface area (Å²) in [6.45, 7) is 0. The van der Waals surface area contributed by atoms with Gasteiger partial charge in [0.1, 0.15) is 0 Å². The van der Waals surface area contributed by atoms with E-state index in [-0.39, 0.29) is 0 Å². The largest absolute Gasteiger partial charge is 0.461 e. The lowest BCUT2D eigenvalue weighted by Gasteiger charge is -2.21. The lowest BCUT2D eigenvalue weighted by atomic mass is 10.3. The van der Waals surface area contributed by atoms with Crippen molar-refractivity contribution < 1.29 is 44.6 Å². The fraction of sp³-hybridized carbons (Fsp3) is 0.400. The summed E-state index contributed by atoms with van der Waals surface area (Å²) in [7, 11) is 0. The van der Waals surface area contributed by atoms with Crippen LogP contribution in [0.5, 0.6) is 11.5 Å². The Hall–Kier alpha value is -1.74. The molecule has 20 heavy (non-hydrogen) atoms. The number of hydrogen-bond donors (Lipinski definition) is 0. The van der Waals surface area contributed by atoms with Gasteiger partial charge >= 0.3 is 25.1 Å². The van der Waals surface area contributed by atoms with Gasteiger partial charge in [0.25, 0.3) is 0 Å². The number of alkyl halides is 8. The number of para-hydroxylation sites is 2. The molecule has 0 saturated carbocycles. The molecule has 0 unspecified atom stereocenters. The second-order valence-electron chi connectivity index (χ2n) is 3.38. The Labute approximate surface area is 106 Å². The van der Waals surface area contributed by atoms with Gasteiger partial charge in [-0.3, -0.25) is 0 Å². The maximum atomic E-state index is 12.6. The molecule has 0 bridgehead atoms. The quantitative estimate of drug-likeness (QED) is 0.735. The van der Waals surface area contributed by atoms with Crippen LogP contribution in [-0.2, 0) is 0 Å². The molecule has 0 N–H and O–H groups in total. The molecule has 0 fully saturated rings. The predicted octanol–water partition coefficient (Wildman–Crippen LogP) is 4.16. The molecule has 1 rings (SSSR count). The average Bonchev–Trinajstić information content (AvgIpc) is 2.30. The first-order valence-electron chi connectivity index (χ1n) is 4.85. The third-order valence-corrected chi connectivity index (χ3v) is 1.85. The maximum Gasteiger partial charge on any atom is 0.461 e. The van der Waals surface area contributed by atoms with Gasteiger partial charge in [-0.2, -0.15) is 35.1 Å². The SMILES string of the molecule is FC(F)C(F)(F)Oc1ccccc1OC(F)(F)C(F)F. The molecule has 10 heteroatoms. The van der Waals surface area contributed by atoms with Crippen molar-refractivity contribution in [3.63, 3.8) is 0 Å². The fourth-order valence-corrected chi connectivity index (χ4v) is 1.00. The molecule has 0 radical (unpaired) electrons. The third-order valence-electron chi connectivity index (χ3n) is 1.85. The molecule has 0 aliphatic carbocycles. The van der Waals surface area contributed by atoms with E-state index in [2.05, 4.69) is 9.47 Å². The summed E-state index contributed by atoms with van der Waals surface area (Å²) in [6.07, 6.45) is -18.5. The minimum atomic E-state index is -4.99. The van der Waals surface area contributed by atoms with Crippen LogP contribution < -0.4 is 9.47 Å². The van der Waals surface area contributed by atoms with Gasteiger partial charge in [0.15, 0.2) is 11.5 Å². The molecule has 0 heterocycles. The van der Waals surface area contributed by atoms with Gasteiger partial charge in [-0.25, -0.2) is 0 Å². The molecule has 0 atom stereocenters. The molecule has 1 aromatic rings. The summed E-state index contributed by atoms with van der Waals surface area (Å²) in [4.78, 5) is 0. The fourth-order valence-electron chi connectivity index (χ4n) is 1.00. The minimum Gasteiger partial charge on any atom is -0.424 e. The van der Waals surface area contributed by atoms with Crippen LogP contribution in [0, 0.1) is 0 Å². The summed E-state index contributed by atoms with van der Waals surface area (Å²) in [5.74, 6) is -2.45. The van der Waals surface area contributed by atoms with Gasteiger partial charge in [-0.15, -0.1) is 0 Å². The first-order chi connectivity index (χ1) is 9.06. The Morgan fingerprint density at radius 3 is 1.25 bits per heavy atom.